The number of carbonyl (C=O) groups excluding carboxylic acids is 1. The summed E-state index contributed by atoms with van der Waals surface area (Å²) in [4.78, 5) is 14.4. The van der Waals surface area contributed by atoms with Crippen molar-refractivity contribution in [1.29, 1.82) is 5.26 Å². The van der Waals surface area contributed by atoms with Gasteiger partial charge in [-0.25, -0.2) is 4.79 Å². The van der Waals surface area contributed by atoms with Crippen LogP contribution < -0.4 is 20.1 Å². The summed E-state index contributed by atoms with van der Waals surface area (Å²) in [6.45, 7) is 1.28. The fraction of sp³-hybridized carbons (Fsp3) is 0.333. The smallest absolute Gasteiger partial charge is 0.321 e. The Balaban J connectivity index is 1.63. The van der Waals surface area contributed by atoms with Gasteiger partial charge in [-0.3, -0.25) is 0 Å². The molecule has 0 radical (unpaired) electrons. The number of methoxy groups -OCH3 is 2. The SMILES string of the molecule is COc1cc(N[C@@H]2CCCN(C(=O)Nc3cccc(C#N)c3)C2)cc(OC)c1. The summed E-state index contributed by atoms with van der Waals surface area (Å²) in [5, 5.41) is 15.3. The highest BCUT2D eigenvalue weighted by atomic mass is 16.5. The van der Waals surface area contributed by atoms with Crippen molar-refractivity contribution >= 4 is 17.4 Å². The van der Waals surface area contributed by atoms with Crippen LogP contribution in [0.25, 0.3) is 0 Å². The van der Waals surface area contributed by atoms with Gasteiger partial charge in [-0.05, 0) is 31.0 Å². The standard InChI is InChI=1S/C21H24N4O3/c1-27-19-10-18(11-20(12-19)28-2)23-17-7-4-8-25(14-17)21(26)24-16-6-3-5-15(9-16)13-22/h3,5-6,9-12,17,23H,4,7-8,14H2,1-2H3,(H,24,26)/t17-/m1/s1. The zero-order chi connectivity index (χ0) is 19.9. The summed E-state index contributed by atoms with van der Waals surface area (Å²) < 4.78 is 10.6. The zero-order valence-electron chi connectivity index (χ0n) is 16.1. The molecule has 2 amide bonds. The first-order valence-electron chi connectivity index (χ1n) is 9.17. The van der Waals surface area contributed by atoms with Crippen molar-refractivity contribution in [2.45, 2.75) is 18.9 Å². The molecule has 0 aliphatic carbocycles. The Bertz CT molecular complexity index is 856. The van der Waals surface area contributed by atoms with Crippen LogP contribution >= 0.6 is 0 Å². The van der Waals surface area contributed by atoms with Crippen LogP contribution in [0.3, 0.4) is 0 Å². The van der Waals surface area contributed by atoms with Gasteiger partial charge in [0, 0.05) is 48.7 Å². The van der Waals surface area contributed by atoms with Gasteiger partial charge in [-0.1, -0.05) is 6.07 Å². The molecule has 28 heavy (non-hydrogen) atoms. The quantitative estimate of drug-likeness (QED) is 0.826. The van der Waals surface area contributed by atoms with E-state index in [1.54, 1.807) is 43.4 Å². The summed E-state index contributed by atoms with van der Waals surface area (Å²) >= 11 is 0. The second kappa shape index (κ2) is 9.00. The average molecular weight is 380 g/mol. The lowest BCUT2D eigenvalue weighted by atomic mass is 10.1. The van der Waals surface area contributed by atoms with Crippen LogP contribution in [0.2, 0.25) is 0 Å². The molecule has 2 aromatic carbocycles. The number of anilines is 2. The number of rotatable bonds is 5. The highest BCUT2D eigenvalue weighted by Gasteiger charge is 2.24. The number of ether oxygens (including phenoxy) is 2. The van der Waals surface area contributed by atoms with Crippen LogP contribution in [0.1, 0.15) is 18.4 Å². The highest BCUT2D eigenvalue weighted by molar-refractivity contribution is 5.89. The van der Waals surface area contributed by atoms with Gasteiger partial charge in [0.1, 0.15) is 11.5 Å². The van der Waals surface area contributed by atoms with Crippen molar-refractivity contribution in [1.82, 2.24) is 4.90 Å². The first kappa shape index (κ1) is 19.4. The van der Waals surface area contributed by atoms with Crippen LogP contribution in [0.4, 0.5) is 16.2 Å². The molecule has 0 spiro atoms. The molecule has 0 bridgehead atoms. The number of nitriles is 1. The van der Waals surface area contributed by atoms with Crippen LogP contribution in [-0.4, -0.2) is 44.3 Å². The van der Waals surface area contributed by atoms with Crippen molar-refractivity contribution in [3.8, 4) is 17.6 Å². The molecule has 1 saturated heterocycles. The molecule has 2 N–H and O–H groups in total. The molecule has 1 aliphatic rings. The van der Waals surface area contributed by atoms with Crippen LogP contribution in [0.15, 0.2) is 42.5 Å². The number of piperidine rings is 1. The van der Waals surface area contributed by atoms with Gasteiger partial charge in [-0.15, -0.1) is 0 Å². The van der Waals surface area contributed by atoms with Crippen LogP contribution in [0.5, 0.6) is 11.5 Å². The fourth-order valence-electron chi connectivity index (χ4n) is 3.27. The summed E-state index contributed by atoms with van der Waals surface area (Å²) in [5.74, 6) is 1.43. The molecule has 1 aliphatic heterocycles. The predicted octanol–water partition coefficient (Wildman–Crippen LogP) is 3.68. The molecule has 1 fully saturated rings. The number of nitrogens with zero attached hydrogens (tertiary/aromatic N) is 2. The van der Waals surface area contributed by atoms with E-state index in [9.17, 15) is 4.79 Å². The lowest BCUT2D eigenvalue weighted by Gasteiger charge is -2.33. The van der Waals surface area contributed by atoms with Crippen molar-refractivity contribution in [3.63, 3.8) is 0 Å². The molecule has 0 aromatic heterocycles. The number of urea groups is 1. The number of carbonyl (C=O) groups is 1. The van der Waals surface area contributed by atoms with E-state index in [1.165, 1.54) is 0 Å². The molecule has 0 saturated carbocycles. The molecule has 2 aromatic rings. The minimum atomic E-state index is -0.162. The Kier molecular flexibility index (Phi) is 6.22. The Hall–Kier alpha value is -3.40. The molecular formula is C21H24N4O3. The van der Waals surface area contributed by atoms with Gasteiger partial charge in [-0.2, -0.15) is 5.26 Å². The third-order valence-electron chi connectivity index (χ3n) is 4.67. The van der Waals surface area contributed by atoms with Crippen molar-refractivity contribution in [3.05, 3.63) is 48.0 Å². The lowest BCUT2D eigenvalue weighted by Crippen LogP contribution is -2.46. The fourth-order valence-corrected chi connectivity index (χ4v) is 3.27. The molecule has 1 heterocycles. The summed E-state index contributed by atoms with van der Waals surface area (Å²) in [6.07, 6.45) is 1.87. The number of hydrogen-bond donors (Lipinski definition) is 2. The minimum Gasteiger partial charge on any atom is -0.497 e. The monoisotopic (exact) mass is 380 g/mol. The summed E-state index contributed by atoms with van der Waals surface area (Å²) in [5.41, 5.74) is 2.03. The molecule has 1 atom stereocenters. The maximum atomic E-state index is 12.6. The largest absolute Gasteiger partial charge is 0.497 e. The lowest BCUT2D eigenvalue weighted by molar-refractivity contribution is 0.196. The number of hydrogen-bond acceptors (Lipinski definition) is 5. The van der Waals surface area contributed by atoms with E-state index >= 15 is 0 Å². The Morgan fingerprint density at radius 2 is 1.89 bits per heavy atom. The van der Waals surface area contributed by atoms with E-state index in [4.69, 9.17) is 14.7 Å². The van der Waals surface area contributed by atoms with E-state index in [0.29, 0.717) is 35.8 Å². The van der Waals surface area contributed by atoms with E-state index in [0.717, 1.165) is 18.5 Å². The third-order valence-corrected chi connectivity index (χ3v) is 4.67. The van der Waals surface area contributed by atoms with E-state index < -0.39 is 0 Å². The number of nitrogens with one attached hydrogen (secondary N) is 2. The summed E-state index contributed by atoms with van der Waals surface area (Å²) in [7, 11) is 3.24. The second-order valence-electron chi connectivity index (χ2n) is 6.65. The molecular weight excluding hydrogens is 356 g/mol. The molecule has 146 valence electrons. The first-order chi connectivity index (χ1) is 13.6. The Morgan fingerprint density at radius 3 is 2.57 bits per heavy atom. The maximum absolute atomic E-state index is 12.6. The van der Waals surface area contributed by atoms with E-state index in [2.05, 4.69) is 16.7 Å². The van der Waals surface area contributed by atoms with Crippen LogP contribution in [0, 0.1) is 11.3 Å². The maximum Gasteiger partial charge on any atom is 0.321 e. The zero-order valence-corrected chi connectivity index (χ0v) is 16.1. The Labute approximate surface area is 164 Å². The predicted molar refractivity (Wildman–Crippen MR) is 108 cm³/mol. The van der Waals surface area contributed by atoms with Gasteiger partial charge in [0.25, 0.3) is 0 Å². The number of amides is 2. The first-order valence-corrected chi connectivity index (χ1v) is 9.17. The van der Waals surface area contributed by atoms with Crippen LogP contribution in [-0.2, 0) is 0 Å². The van der Waals surface area contributed by atoms with Gasteiger partial charge >= 0.3 is 6.03 Å². The van der Waals surface area contributed by atoms with Crippen molar-refractivity contribution in [2.24, 2.45) is 0 Å². The molecule has 3 rings (SSSR count). The third kappa shape index (κ3) is 4.86. The average Bonchev–Trinajstić information content (AvgIpc) is 2.73. The van der Waals surface area contributed by atoms with Crippen molar-refractivity contribution < 1.29 is 14.3 Å². The minimum absolute atomic E-state index is 0.127. The Morgan fingerprint density at radius 1 is 1.14 bits per heavy atom. The molecule has 7 nitrogen and oxygen atoms in total. The molecule has 7 heteroatoms. The molecule has 0 unspecified atom stereocenters. The number of likely N-dealkylation sites (tertiary alicyclic amines) is 1. The van der Waals surface area contributed by atoms with Crippen molar-refractivity contribution in [2.75, 3.05) is 37.9 Å². The number of benzene rings is 2. The van der Waals surface area contributed by atoms with Gasteiger partial charge < -0.3 is 25.0 Å². The van der Waals surface area contributed by atoms with Gasteiger partial charge in [0.05, 0.1) is 25.9 Å². The van der Waals surface area contributed by atoms with Gasteiger partial charge in [0.15, 0.2) is 0 Å². The van der Waals surface area contributed by atoms with E-state index in [-0.39, 0.29) is 12.1 Å². The topological polar surface area (TPSA) is 86.6 Å². The second-order valence-corrected chi connectivity index (χ2v) is 6.65. The van der Waals surface area contributed by atoms with E-state index in [1.807, 2.05) is 18.2 Å². The van der Waals surface area contributed by atoms with Gasteiger partial charge in [0.2, 0.25) is 0 Å². The normalized spacial score (nSPS) is 16.0. The summed E-state index contributed by atoms with van der Waals surface area (Å²) in [6, 6.07) is 14.6. The highest BCUT2D eigenvalue weighted by Crippen LogP contribution is 2.27.